The van der Waals surface area contributed by atoms with E-state index in [9.17, 15) is 13.5 Å². The molecule has 34 heavy (non-hydrogen) atoms. The standard InChI is InChI=1S/C24H40N6O3S/c1-17(29-11-5-7-19(15-29)21-13-23(31)28(3)27-21)9-10-18(2)30-12-6-8-20(16-30)24-22(14-25-26-24)34(4,32)33/h13-14,17-20,31H,5-12,15-16H2,1-4H3,(H,25,26). The molecule has 9 nitrogen and oxygen atoms in total. The van der Waals surface area contributed by atoms with Gasteiger partial charge in [-0.2, -0.15) is 10.2 Å². The van der Waals surface area contributed by atoms with Gasteiger partial charge in [-0.3, -0.25) is 14.9 Å². The number of sulfone groups is 1. The second kappa shape index (κ2) is 10.4. The number of aromatic amines is 1. The molecule has 0 saturated carbocycles. The number of hydrogen-bond donors (Lipinski definition) is 2. The van der Waals surface area contributed by atoms with Crippen molar-refractivity contribution in [2.24, 2.45) is 7.05 Å². The molecule has 2 aromatic rings. The van der Waals surface area contributed by atoms with Crippen LogP contribution in [0.25, 0.3) is 0 Å². The van der Waals surface area contributed by atoms with Crippen molar-refractivity contribution in [3.63, 3.8) is 0 Å². The van der Waals surface area contributed by atoms with Crippen molar-refractivity contribution in [1.82, 2.24) is 29.8 Å². The van der Waals surface area contributed by atoms with Crippen LogP contribution in [-0.4, -0.2) is 87.8 Å². The van der Waals surface area contributed by atoms with Crippen LogP contribution in [0.3, 0.4) is 0 Å². The number of aromatic hydroxyl groups is 1. The van der Waals surface area contributed by atoms with E-state index in [1.54, 1.807) is 11.7 Å². The summed E-state index contributed by atoms with van der Waals surface area (Å²) < 4.78 is 25.8. The van der Waals surface area contributed by atoms with Gasteiger partial charge in [0.2, 0.25) is 5.88 Å². The van der Waals surface area contributed by atoms with Gasteiger partial charge in [0.1, 0.15) is 4.90 Å². The summed E-state index contributed by atoms with van der Waals surface area (Å²) in [7, 11) is -1.49. The minimum absolute atomic E-state index is 0.179. The molecular formula is C24H40N6O3S. The maximum absolute atomic E-state index is 12.1. The van der Waals surface area contributed by atoms with Crippen LogP contribution in [0, 0.1) is 0 Å². The van der Waals surface area contributed by atoms with E-state index in [1.165, 1.54) is 12.5 Å². The van der Waals surface area contributed by atoms with Crippen molar-refractivity contribution >= 4 is 9.84 Å². The summed E-state index contributed by atoms with van der Waals surface area (Å²) in [6.07, 6.45) is 9.28. The van der Waals surface area contributed by atoms with Crippen molar-refractivity contribution in [3.8, 4) is 5.88 Å². The van der Waals surface area contributed by atoms with Crippen LogP contribution >= 0.6 is 0 Å². The quantitative estimate of drug-likeness (QED) is 0.583. The smallest absolute Gasteiger partial charge is 0.209 e. The van der Waals surface area contributed by atoms with Gasteiger partial charge in [0.05, 0.1) is 17.6 Å². The van der Waals surface area contributed by atoms with Gasteiger partial charge in [-0.25, -0.2) is 13.1 Å². The Balaban J connectivity index is 1.30. The molecule has 4 rings (SSSR count). The molecule has 4 heterocycles. The molecule has 190 valence electrons. The number of H-pyrrole nitrogens is 1. The maximum Gasteiger partial charge on any atom is 0.209 e. The fourth-order valence-corrected chi connectivity index (χ4v) is 6.55. The summed E-state index contributed by atoms with van der Waals surface area (Å²) in [5, 5.41) is 21.4. The van der Waals surface area contributed by atoms with E-state index < -0.39 is 9.84 Å². The van der Waals surface area contributed by atoms with Gasteiger partial charge < -0.3 is 5.11 Å². The van der Waals surface area contributed by atoms with Crippen LogP contribution in [0.4, 0.5) is 0 Å². The van der Waals surface area contributed by atoms with Crippen molar-refractivity contribution in [1.29, 1.82) is 0 Å². The second-order valence-corrected chi connectivity index (χ2v) is 12.4. The normalized spacial score (nSPS) is 24.8. The molecule has 2 fully saturated rings. The van der Waals surface area contributed by atoms with E-state index in [2.05, 4.69) is 38.9 Å². The van der Waals surface area contributed by atoms with Gasteiger partial charge in [0.25, 0.3) is 0 Å². The second-order valence-electron chi connectivity index (χ2n) is 10.4. The van der Waals surface area contributed by atoms with Crippen molar-refractivity contribution in [3.05, 3.63) is 23.7 Å². The molecule has 4 unspecified atom stereocenters. The van der Waals surface area contributed by atoms with E-state index in [1.807, 2.05) is 6.07 Å². The highest BCUT2D eigenvalue weighted by atomic mass is 32.2. The fraction of sp³-hybridized carbons (Fsp3) is 0.750. The van der Waals surface area contributed by atoms with Gasteiger partial charge >= 0.3 is 0 Å². The summed E-state index contributed by atoms with van der Waals surface area (Å²) in [5.74, 6) is 0.785. The van der Waals surface area contributed by atoms with Gasteiger partial charge in [0, 0.05) is 56.4 Å². The Kier molecular flexibility index (Phi) is 7.69. The van der Waals surface area contributed by atoms with Crippen molar-refractivity contribution in [2.75, 3.05) is 32.4 Å². The predicted molar refractivity (Wildman–Crippen MR) is 132 cm³/mol. The molecule has 2 N–H and O–H groups in total. The van der Waals surface area contributed by atoms with E-state index in [4.69, 9.17) is 0 Å². The minimum Gasteiger partial charge on any atom is -0.493 e. The highest BCUT2D eigenvalue weighted by Gasteiger charge is 2.31. The summed E-state index contributed by atoms with van der Waals surface area (Å²) in [6.45, 7) is 8.66. The Morgan fingerprint density at radius 2 is 1.68 bits per heavy atom. The lowest BCUT2D eigenvalue weighted by atomic mass is 9.92. The molecule has 0 radical (unpaired) electrons. The molecule has 0 aliphatic carbocycles. The summed E-state index contributed by atoms with van der Waals surface area (Å²) in [4.78, 5) is 5.44. The van der Waals surface area contributed by atoms with Crippen LogP contribution in [0.5, 0.6) is 5.88 Å². The van der Waals surface area contributed by atoms with Gasteiger partial charge in [0.15, 0.2) is 9.84 Å². The molecule has 0 bridgehead atoms. The molecule has 2 saturated heterocycles. The van der Waals surface area contributed by atoms with Crippen molar-refractivity contribution in [2.45, 2.75) is 81.2 Å². The fourth-order valence-electron chi connectivity index (χ4n) is 5.69. The number of hydrogen-bond acceptors (Lipinski definition) is 7. The molecule has 0 amide bonds. The first-order chi connectivity index (χ1) is 16.1. The number of nitrogens with one attached hydrogen (secondary N) is 1. The van der Waals surface area contributed by atoms with E-state index >= 15 is 0 Å². The van der Waals surface area contributed by atoms with Crippen molar-refractivity contribution < 1.29 is 13.5 Å². The van der Waals surface area contributed by atoms with Gasteiger partial charge in [-0.15, -0.1) is 0 Å². The number of nitrogens with zero attached hydrogens (tertiary/aromatic N) is 5. The zero-order valence-electron chi connectivity index (χ0n) is 20.9. The molecule has 10 heteroatoms. The number of piperidine rings is 2. The number of rotatable bonds is 8. The molecule has 2 aromatic heterocycles. The summed E-state index contributed by atoms with van der Waals surface area (Å²) in [6, 6.07) is 2.75. The van der Waals surface area contributed by atoms with E-state index in [0.29, 0.717) is 22.9 Å². The Morgan fingerprint density at radius 3 is 2.24 bits per heavy atom. The lowest BCUT2D eigenvalue weighted by molar-refractivity contribution is 0.119. The third-order valence-electron chi connectivity index (χ3n) is 7.89. The Morgan fingerprint density at radius 1 is 1.09 bits per heavy atom. The molecule has 2 aliphatic heterocycles. The molecule has 2 aliphatic rings. The maximum atomic E-state index is 12.1. The average molecular weight is 493 g/mol. The molecule has 0 spiro atoms. The van der Waals surface area contributed by atoms with Crippen LogP contribution in [0.2, 0.25) is 0 Å². The highest BCUT2D eigenvalue weighted by molar-refractivity contribution is 7.90. The zero-order valence-corrected chi connectivity index (χ0v) is 21.8. The molecule has 0 aromatic carbocycles. The number of aromatic nitrogens is 4. The Bertz CT molecular complexity index is 1050. The zero-order chi connectivity index (χ0) is 24.5. The molecular weight excluding hydrogens is 452 g/mol. The molecule has 4 atom stereocenters. The SMILES string of the molecule is CC(CCC(C)N1CCCC(c2[nH]ncc2S(C)(=O)=O)C1)N1CCCC(c2cc(O)n(C)n2)C1. The van der Waals surface area contributed by atoms with Gasteiger partial charge in [-0.05, 0) is 65.5 Å². The van der Waals surface area contributed by atoms with Gasteiger partial charge in [-0.1, -0.05) is 0 Å². The first-order valence-corrected chi connectivity index (χ1v) is 14.5. The monoisotopic (exact) mass is 492 g/mol. The predicted octanol–water partition coefficient (Wildman–Crippen LogP) is 2.87. The number of aryl methyl sites for hydroxylation is 1. The van der Waals surface area contributed by atoms with E-state index in [-0.39, 0.29) is 11.8 Å². The van der Waals surface area contributed by atoms with Crippen LogP contribution in [0.15, 0.2) is 17.2 Å². The Labute approximate surface area is 203 Å². The Hall–Kier alpha value is -1.91. The van der Waals surface area contributed by atoms with Crippen LogP contribution in [-0.2, 0) is 16.9 Å². The minimum atomic E-state index is -3.27. The average Bonchev–Trinajstić information content (AvgIpc) is 3.44. The third-order valence-corrected chi connectivity index (χ3v) is 9.01. The number of likely N-dealkylation sites (tertiary alicyclic amines) is 2. The largest absolute Gasteiger partial charge is 0.493 e. The topological polar surface area (TPSA) is 107 Å². The summed E-state index contributed by atoms with van der Waals surface area (Å²) >= 11 is 0. The first kappa shape index (κ1) is 25.2. The summed E-state index contributed by atoms with van der Waals surface area (Å²) in [5.41, 5.74) is 1.77. The van der Waals surface area contributed by atoms with Crippen LogP contribution in [0.1, 0.15) is 75.6 Å². The third kappa shape index (κ3) is 5.66. The lowest BCUT2D eigenvalue weighted by Gasteiger charge is -2.39. The first-order valence-electron chi connectivity index (χ1n) is 12.6. The highest BCUT2D eigenvalue weighted by Crippen LogP contribution is 2.32. The lowest BCUT2D eigenvalue weighted by Crippen LogP contribution is -2.43. The van der Waals surface area contributed by atoms with E-state index in [0.717, 1.165) is 76.1 Å². The van der Waals surface area contributed by atoms with Crippen LogP contribution < -0.4 is 0 Å².